The summed E-state index contributed by atoms with van der Waals surface area (Å²) in [4.78, 5) is 18.5. The van der Waals surface area contributed by atoms with Crippen LogP contribution >= 0.6 is 31.9 Å². The summed E-state index contributed by atoms with van der Waals surface area (Å²) in [5.41, 5.74) is 2.05. The maximum atomic E-state index is 13.6. The molecule has 4 aromatic rings. The van der Waals surface area contributed by atoms with Gasteiger partial charge >= 0.3 is 0 Å². The number of rotatable bonds is 8. The average Bonchev–Trinajstić information content (AvgIpc) is 2.94. The first-order valence-electron chi connectivity index (χ1n) is 13.0. The molecule has 3 aromatic carbocycles. The minimum Gasteiger partial charge on any atom is -0.490 e. The second kappa shape index (κ2) is 12.4. The van der Waals surface area contributed by atoms with E-state index in [1.807, 2.05) is 31.2 Å². The van der Waals surface area contributed by atoms with Crippen LogP contribution in [-0.2, 0) is 6.61 Å². The van der Waals surface area contributed by atoms with Crippen LogP contribution in [0.1, 0.15) is 61.9 Å². The molecule has 0 amide bonds. The zero-order valence-electron chi connectivity index (χ0n) is 21.5. The maximum Gasteiger partial charge on any atom is 0.282 e. The fraction of sp³-hybridized carbons (Fsp3) is 0.300. The van der Waals surface area contributed by atoms with Crippen LogP contribution in [0.25, 0.3) is 10.9 Å². The summed E-state index contributed by atoms with van der Waals surface area (Å²) >= 11 is 7.07. The van der Waals surface area contributed by atoms with Crippen LogP contribution in [0.15, 0.2) is 73.4 Å². The first-order chi connectivity index (χ1) is 18.9. The van der Waals surface area contributed by atoms with Gasteiger partial charge in [0.15, 0.2) is 11.5 Å². The molecule has 1 saturated carbocycles. The van der Waals surface area contributed by atoms with Crippen LogP contribution < -0.4 is 15.0 Å². The third-order valence-corrected chi connectivity index (χ3v) is 7.84. The van der Waals surface area contributed by atoms with E-state index < -0.39 is 0 Å². The van der Waals surface area contributed by atoms with Crippen molar-refractivity contribution in [1.82, 2.24) is 9.66 Å². The van der Waals surface area contributed by atoms with E-state index in [0.717, 1.165) is 41.3 Å². The van der Waals surface area contributed by atoms with Gasteiger partial charge < -0.3 is 9.47 Å². The van der Waals surface area contributed by atoms with E-state index in [1.54, 1.807) is 24.4 Å². The Balaban J connectivity index is 1.50. The molecule has 1 fully saturated rings. The number of hydrogen-bond donors (Lipinski definition) is 0. The highest BCUT2D eigenvalue weighted by Gasteiger charge is 2.22. The van der Waals surface area contributed by atoms with Gasteiger partial charge in [-0.1, -0.05) is 47.3 Å². The molecule has 0 bridgehead atoms. The summed E-state index contributed by atoms with van der Waals surface area (Å²) in [6, 6.07) is 15.4. The van der Waals surface area contributed by atoms with Gasteiger partial charge in [-0.15, -0.1) is 0 Å². The molecular formula is C30H28Br2FN3O3. The molecule has 6 nitrogen and oxygen atoms in total. The van der Waals surface area contributed by atoms with Crippen molar-refractivity contribution in [3.05, 3.63) is 96.7 Å². The summed E-state index contributed by atoms with van der Waals surface area (Å²) in [7, 11) is 0. The molecule has 0 spiro atoms. The molecule has 0 N–H and O–H groups in total. The Morgan fingerprint density at radius 1 is 1.05 bits per heavy atom. The number of hydrogen-bond acceptors (Lipinski definition) is 5. The normalized spacial score (nSPS) is 14.3. The highest BCUT2D eigenvalue weighted by molar-refractivity contribution is 9.10. The van der Waals surface area contributed by atoms with Crippen LogP contribution in [0.2, 0.25) is 0 Å². The lowest BCUT2D eigenvalue weighted by Crippen LogP contribution is -2.25. The molecular weight excluding hydrogens is 629 g/mol. The van der Waals surface area contributed by atoms with E-state index in [0.29, 0.717) is 39.3 Å². The van der Waals surface area contributed by atoms with Gasteiger partial charge in [0.25, 0.3) is 5.56 Å². The molecule has 0 unspecified atom stereocenters. The number of benzene rings is 3. The predicted molar refractivity (Wildman–Crippen MR) is 159 cm³/mol. The van der Waals surface area contributed by atoms with Gasteiger partial charge in [0.2, 0.25) is 0 Å². The first-order valence-corrected chi connectivity index (χ1v) is 14.6. The van der Waals surface area contributed by atoms with Gasteiger partial charge in [0.05, 0.1) is 28.2 Å². The van der Waals surface area contributed by atoms with Crippen LogP contribution in [-0.4, -0.2) is 22.5 Å². The maximum absolute atomic E-state index is 13.6. The Hall–Kier alpha value is -3.04. The lowest BCUT2D eigenvalue weighted by atomic mass is 9.88. The molecule has 0 saturated heterocycles. The number of halogens is 3. The summed E-state index contributed by atoms with van der Waals surface area (Å²) in [6.07, 6.45) is 7.07. The van der Waals surface area contributed by atoms with Crippen molar-refractivity contribution in [2.75, 3.05) is 6.61 Å². The number of nitrogens with zero attached hydrogens (tertiary/aromatic N) is 3. The largest absolute Gasteiger partial charge is 0.490 e. The van der Waals surface area contributed by atoms with Gasteiger partial charge in [-0.3, -0.25) is 4.79 Å². The van der Waals surface area contributed by atoms with E-state index in [-0.39, 0.29) is 23.9 Å². The highest BCUT2D eigenvalue weighted by Crippen LogP contribution is 2.37. The number of ether oxygens (including phenoxy) is 2. The van der Waals surface area contributed by atoms with Crippen molar-refractivity contribution < 1.29 is 13.9 Å². The first kappa shape index (κ1) is 27.5. The fourth-order valence-corrected chi connectivity index (χ4v) is 5.76. The summed E-state index contributed by atoms with van der Waals surface area (Å²) in [5.74, 6) is 1.67. The van der Waals surface area contributed by atoms with Gasteiger partial charge in [0.1, 0.15) is 18.2 Å². The lowest BCUT2D eigenvalue weighted by Gasteiger charge is -2.22. The van der Waals surface area contributed by atoms with E-state index in [2.05, 4.69) is 37.0 Å². The Morgan fingerprint density at radius 2 is 1.82 bits per heavy atom. The Morgan fingerprint density at radius 3 is 2.56 bits per heavy atom. The molecule has 1 aliphatic carbocycles. The SMILES string of the molecule is CCOc1cc(C=Nn2c(C3CCCCC3)nc3ccc(Br)cc3c2=O)cc(Br)c1OCc1ccc(F)cc1. The third-order valence-electron chi connectivity index (χ3n) is 6.75. The Kier molecular flexibility index (Phi) is 8.77. The minimum absolute atomic E-state index is 0.185. The molecule has 1 heterocycles. The quantitative estimate of drug-likeness (QED) is 0.181. The van der Waals surface area contributed by atoms with Crippen LogP contribution in [0.5, 0.6) is 11.5 Å². The molecule has 0 radical (unpaired) electrons. The van der Waals surface area contributed by atoms with Crippen molar-refractivity contribution in [3.8, 4) is 11.5 Å². The number of fused-ring (bicyclic) bond motifs is 1. The highest BCUT2D eigenvalue weighted by atomic mass is 79.9. The molecule has 9 heteroatoms. The minimum atomic E-state index is -0.293. The molecule has 0 aliphatic heterocycles. The van der Waals surface area contributed by atoms with Crippen LogP contribution in [0.4, 0.5) is 4.39 Å². The monoisotopic (exact) mass is 655 g/mol. The van der Waals surface area contributed by atoms with Crippen LogP contribution in [0, 0.1) is 5.82 Å². The summed E-state index contributed by atoms with van der Waals surface area (Å²) in [6.45, 7) is 2.59. The summed E-state index contributed by atoms with van der Waals surface area (Å²) in [5, 5.41) is 5.17. The Labute approximate surface area is 243 Å². The van der Waals surface area contributed by atoms with Gasteiger partial charge in [-0.05, 0) is 89.3 Å². The topological polar surface area (TPSA) is 65.7 Å². The Bertz CT molecular complexity index is 1570. The van der Waals surface area contributed by atoms with Crippen molar-refractivity contribution in [3.63, 3.8) is 0 Å². The zero-order chi connectivity index (χ0) is 27.4. The third kappa shape index (κ3) is 6.41. The molecule has 39 heavy (non-hydrogen) atoms. The van der Waals surface area contributed by atoms with Gasteiger partial charge in [-0.2, -0.15) is 9.78 Å². The standard InChI is InChI=1S/C30H28Br2FN3O3/c1-2-38-27-15-20(14-25(32)28(27)39-18-19-8-11-23(33)12-9-19)17-34-36-29(21-6-4-3-5-7-21)35-26-13-10-22(31)16-24(26)30(36)37/h8-17,21H,2-7,18H2,1H3. The molecule has 1 aliphatic rings. The fourth-order valence-electron chi connectivity index (χ4n) is 4.83. The second-order valence-corrected chi connectivity index (χ2v) is 11.3. The zero-order valence-corrected chi connectivity index (χ0v) is 24.7. The molecule has 1 aromatic heterocycles. The van der Waals surface area contributed by atoms with E-state index in [9.17, 15) is 9.18 Å². The van der Waals surface area contributed by atoms with Gasteiger partial charge in [0, 0.05) is 10.4 Å². The van der Waals surface area contributed by atoms with Crippen molar-refractivity contribution >= 4 is 49.0 Å². The van der Waals surface area contributed by atoms with E-state index in [1.165, 1.54) is 23.2 Å². The molecule has 5 rings (SSSR count). The van der Waals surface area contributed by atoms with Crippen LogP contribution in [0.3, 0.4) is 0 Å². The summed E-state index contributed by atoms with van der Waals surface area (Å²) < 4.78 is 28.1. The molecule has 0 atom stereocenters. The van der Waals surface area contributed by atoms with Gasteiger partial charge in [-0.25, -0.2) is 9.37 Å². The lowest BCUT2D eigenvalue weighted by molar-refractivity contribution is 0.267. The van der Waals surface area contributed by atoms with Crippen molar-refractivity contribution in [2.45, 2.75) is 51.6 Å². The van der Waals surface area contributed by atoms with E-state index >= 15 is 0 Å². The van der Waals surface area contributed by atoms with Crippen molar-refractivity contribution in [1.29, 1.82) is 0 Å². The smallest absolute Gasteiger partial charge is 0.282 e. The predicted octanol–water partition coefficient (Wildman–Crippen LogP) is 7.97. The van der Waals surface area contributed by atoms with Crippen molar-refractivity contribution in [2.24, 2.45) is 5.10 Å². The second-order valence-electron chi connectivity index (χ2n) is 9.51. The number of aromatic nitrogens is 2. The molecule has 202 valence electrons. The van der Waals surface area contributed by atoms with E-state index in [4.69, 9.17) is 14.5 Å². The average molecular weight is 657 g/mol.